The smallest absolute Gasteiger partial charge is 0.321 e. The van der Waals surface area contributed by atoms with Crippen LogP contribution in [0.1, 0.15) is 17.8 Å². The molecule has 2 heterocycles. The van der Waals surface area contributed by atoms with Gasteiger partial charge in [-0.2, -0.15) is 0 Å². The number of aromatic nitrogens is 1. The van der Waals surface area contributed by atoms with Crippen LogP contribution in [0.15, 0.2) is 29.6 Å². The van der Waals surface area contributed by atoms with Gasteiger partial charge in [0.05, 0.1) is 16.8 Å². The number of rotatable bonds is 2. The maximum Gasteiger partial charge on any atom is 0.321 e. The number of urea groups is 1. The van der Waals surface area contributed by atoms with Crippen LogP contribution in [0.3, 0.4) is 0 Å². The third-order valence-electron chi connectivity index (χ3n) is 3.73. The van der Waals surface area contributed by atoms with Gasteiger partial charge in [0.2, 0.25) is 0 Å². The Morgan fingerprint density at radius 2 is 2.18 bits per heavy atom. The van der Waals surface area contributed by atoms with E-state index in [4.69, 9.17) is 0 Å². The second kappa shape index (κ2) is 6.46. The highest BCUT2D eigenvalue weighted by Crippen LogP contribution is 2.23. The fourth-order valence-electron chi connectivity index (χ4n) is 2.56. The number of piperidine rings is 1. The average Bonchev–Trinajstić information content (AvgIpc) is 2.94. The number of anilines is 1. The molecule has 2 N–H and O–H groups in total. The maximum absolute atomic E-state index is 12.2. The number of hydrogen-bond donors (Lipinski definition) is 2. The van der Waals surface area contributed by atoms with E-state index in [0.29, 0.717) is 13.1 Å². The number of aryl methyl sites for hydroxylation is 1. The van der Waals surface area contributed by atoms with Gasteiger partial charge in [-0.25, -0.2) is 9.78 Å². The van der Waals surface area contributed by atoms with E-state index in [1.165, 1.54) is 0 Å². The van der Waals surface area contributed by atoms with Crippen LogP contribution in [-0.2, 0) is 0 Å². The van der Waals surface area contributed by atoms with E-state index in [0.717, 1.165) is 34.8 Å². The van der Waals surface area contributed by atoms with E-state index in [1.807, 2.05) is 36.6 Å². The molecule has 5 nitrogen and oxygen atoms in total. The van der Waals surface area contributed by atoms with Crippen molar-refractivity contribution in [2.24, 2.45) is 0 Å². The Balaban J connectivity index is 1.64. The minimum Gasteiger partial charge on any atom is -0.391 e. The summed E-state index contributed by atoms with van der Waals surface area (Å²) in [6, 6.07) is 7.51. The topological polar surface area (TPSA) is 65.5 Å². The first kappa shape index (κ1) is 15.0. The number of nitrogens with one attached hydrogen (secondary N) is 1. The minimum absolute atomic E-state index is 0.156. The number of thiazole rings is 1. The van der Waals surface area contributed by atoms with Crippen LogP contribution >= 0.6 is 11.3 Å². The highest BCUT2D eigenvalue weighted by atomic mass is 32.1. The molecule has 116 valence electrons. The van der Waals surface area contributed by atoms with Gasteiger partial charge in [-0.05, 0) is 31.9 Å². The highest BCUT2D eigenvalue weighted by Gasteiger charge is 2.21. The van der Waals surface area contributed by atoms with Gasteiger partial charge in [-0.1, -0.05) is 12.1 Å². The van der Waals surface area contributed by atoms with Gasteiger partial charge in [0.15, 0.2) is 0 Å². The van der Waals surface area contributed by atoms with Gasteiger partial charge in [0.1, 0.15) is 0 Å². The molecule has 3 rings (SSSR count). The summed E-state index contributed by atoms with van der Waals surface area (Å²) in [5.41, 5.74) is 2.75. The second-order valence-electron chi connectivity index (χ2n) is 5.50. The molecule has 1 atom stereocenters. The van der Waals surface area contributed by atoms with Crippen LogP contribution in [0.25, 0.3) is 11.3 Å². The Bertz CT molecular complexity index is 654. The monoisotopic (exact) mass is 317 g/mol. The number of β-amino-alcohol motifs (C(OH)–C–C–N with tert-alkyl or cyclic N) is 1. The number of hydrogen-bond acceptors (Lipinski definition) is 4. The molecule has 0 aliphatic carbocycles. The Hall–Kier alpha value is -1.92. The summed E-state index contributed by atoms with van der Waals surface area (Å²) in [7, 11) is 0. The molecule has 1 saturated heterocycles. The van der Waals surface area contributed by atoms with Crippen molar-refractivity contribution in [2.45, 2.75) is 25.9 Å². The summed E-state index contributed by atoms with van der Waals surface area (Å²) in [5.74, 6) is 0. The maximum atomic E-state index is 12.2. The molecular formula is C16H19N3O2S. The summed E-state index contributed by atoms with van der Waals surface area (Å²) >= 11 is 1.62. The summed E-state index contributed by atoms with van der Waals surface area (Å²) in [5, 5.41) is 15.6. The number of likely N-dealkylation sites (tertiary alicyclic amines) is 1. The molecule has 0 spiro atoms. The molecule has 1 aliphatic rings. The third kappa shape index (κ3) is 3.45. The molecule has 1 unspecified atom stereocenters. The van der Waals surface area contributed by atoms with Crippen molar-refractivity contribution in [1.82, 2.24) is 9.88 Å². The largest absolute Gasteiger partial charge is 0.391 e. The van der Waals surface area contributed by atoms with Crippen LogP contribution in [0, 0.1) is 6.92 Å². The standard InChI is InChI=1S/C16H19N3O2S/c1-11-17-15(10-22-11)12-4-6-13(7-5-12)18-16(21)19-8-2-3-14(20)9-19/h4-7,10,14,20H,2-3,8-9H2,1H3,(H,18,21). The van der Waals surface area contributed by atoms with Crippen molar-refractivity contribution >= 4 is 23.1 Å². The molecule has 1 aromatic carbocycles. The highest BCUT2D eigenvalue weighted by molar-refractivity contribution is 7.09. The molecule has 6 heteroatoms. The zero-order valence-corrected chi connectivity index (χ0v) is 13.3. The molecule has 2 aromatic rings. The first-order valence-corrected chi connectivity index (χ1v) is 8.26. The number of amides is 2. The van der Waals surface area contributed by atoms with Gasteiger partial charge in [-0.15, -0.1) is 11.3 Å². The second-order valence-corrected chi connectivity index (χ2v) is 6.56. The molecule has 1 aromatic heterocycles. The van der Waals surface area contributed by atoms with Gasteiger partial charge < -0.3 is 15.3 Å². The van der Waals surface area contributed by atoms with Gasteiger partial charge in [-0.3, -0.25) is 0 Å². The van der Waals surface area contributed by atoms with E-state index in [-0.39, 0.29) is 6.03 Å². The molecule has 0 saturated carbocycles. The lowest BCUT2D eigenvalue weighted by atomic mass is 10.1. The zero-order valence-electron chi connectivity index (χ0n) is 12.5. The van der Waals surface area contributed by atoms with E-state index >= 15 is 0 Å². The molecular weight excluding hydrogens is 298 g/mol. The summed E-state index contributed by atoms with van der Waals surface area (Å²) in [6.45, 7) is 3.08. The predicted octanol–water partition coefficient (Wildman–Crippen LogP) is 3.11. The Morgan fingerprint density at radius 3 is 2.82 bits per heavy atom. The SMILES string of the molecule is Cc1nc(-c2ccc(NC(=O)N3CCCC(O)C3)cc2)cs1. The summed E-state index contributed by atoms with van der Waals surface area (Å²) in [6.07, 6.45) is 1.21. The first-order chi connectivity index (χ1) is 10.6. The molecule has 0 radical (unpaired) electrons. The number of nitrogens with zero attached hydrogens (tertiary/aromatic N) is 2. The number of aliphatic hydroxyl groups excluding tert-OH is 1. The average molecular weight is 317 g/mol. The molecule has 1 fully saturated rings. The number of benzene rings is 1. The fraction of sp³-hybridized carbons (Fsp3) is 0.375. The number of carbonyl (C=O) groups is 1. The van der Waals surface area contributed by atoms with Crippen LogP contribution in [0.4, 0.5) is 10.5 Å². The first-order valence-electron chi connectivity index (χ1n) is 7.38. The molecule has 0 bridgehead atoms. The van der Waals surface area contributed by atoms with E-state index < -0.39 is 6.10 Å². The zero-order chi connectivity index (χ0) is 15.5. The molecule has 1 aliphatic heterocycles. The third-order valence-corrected chi connectivity index (χ3v) is 4.51. The lowest BCUT2D eigenvalue weighted by Gasteiger charge is -2.30. The Morgan fingerprint density at radius 1 is 1.41 bits per heavy atom. The van der Waals surface area contributed by atoms with Gasteiger partial charge >= 0.3 is 6.03 Å². The van der Waals surface area contributed by atoms with Crippen LogP contribution < -0.4 is 5.32 Å². The normalized spacial score (nSPS) is 18.3. The summed E-state index contributed by atoms with van der Waals surface area (Å²) in [4.78, 5) is 18.3. The van der Waals surface area contributed by atoms with Crippen LogP contribution in [0.2, 0.25) is 0 Å². The van der Waals surface area contributed by atoms with E-state index in [9.17, 15) is 9.90 Å². The van der Waals surface area contributed by atoms with Crippen molar-refractivity contribution in [2.75, 3.05) is 18.4 Å². The Kier molecular flexibility index (Phi) is 4.40. The van der Waals surface area contributed by atoms with Gasteiger partial charge in [0.25, 0.3) is 0 Å². The van der Waals surface area contributed by atoms with Gasteiger partial charge in [0, 0.05) is 29.7 Å². The van der Waals surface area contributed by atoms with Crippen molar-refractivity contribution < 1.29 is 9.90 Å². The van der Waals surface area contributed by atoms with Crippen LogP contribution in [-0.4, -0.2) is 40.2 Å². The quantitative estimate of drug-likeness (QED) is 0.894. The lowest BCUT2D eigenvalue weighted by molar-refractivity contribution is 0.0883. The van der Waals surface area contributed by atoms with E-state index in [2.05, 4.69) is 10.3 Å². The molecule has 2 amide bonds. The number of aliphatic hydroxyl groups is 1. The van der Waals surface area contributed by atoms with E-state index in [1.54, 1.807) is 16.2 Å². The number of carbonyl (C=O) groups excluding carboxylic acids is 1. The molecule has 22 heavy (non-hydrogen) atoms. The Labute approximate surface area is 133 Å². The van der Waals surface area contributed by atoms with Crippen molar-refractivity contribution in [3.05, 3.63) is 34.7 Å². The van der Waals surface area contributed by atoms with Crippen molar-refractivity contribution in [3.63, 3.8) is 0 Å². The van der Waals surface area contributed by atoms with Crippen molar-refractivity contribution in [1.29, 1.82) is 0 Å². The van der Waals surface area contributed by atoms with Crippen molar-refractivity contribution in [3.8, 4) is 11.3 Å². The predicted molar refractivity (Wildman–Crippen MR) is 88.1 cm³/mol. The minimum atomic E-state index is -0.408. The fourth-order valence-corrected chi connectivity index (χ4v) is 3.18. The van der Waals surface area contributed by atoms with Crippen LogP contribution in [0.5, 0.6) is 0 Å². The lowest BCUT2D eigenvalue weighted by Crippen LogP contribution is -2.44. The summed E-state index contributed by atoms with van der Waals surface area (Å²) < 4.78 is 0.